The molecule has 0 bridgehead atoms. The Hall–Kier alpha value is -0.610. The van der Waals surface area contributed by atoms with Crippen molar-refractivity contribution in [2.75, 3.05) is 13.2 Å². The second-order valence-corrected chi connectivity index (χ2v) is 7.95. The molecule has 0 unspecified atom stereocenters. The van der Waals surface area contributed by atoms with Crippen molar-refractivity contribution >= 4 is 5.97 Å². The zero-order valence-corrected chi connectivity index (χ0v) is 18.8. The zero-order valence-electron chi connectivity index (χ0n) is 18.8. The van der Waals surface area contributed by atoms with Gasteiger partial charge in [0, 0.05) is 19.6 Å². The Bertz CT molecular complexity index is 276. The first-order chi connectivity index (χ1) is 13.7. The van der Waals surface area contributed by atoms with Crippen molar-refractivity contribution in [1.82, 2.24) is 0 Å². The van der Waals surface area contributed by atoms with Crippen LogP contribution < -0.4 is 0 Å². The van der Waals surface area contributed by atoms with Gasteiger partial charge in [-0.3, -0.25) is 4.79 Å². The van der Waals surface area contributed by atoms with Gasteiger partial charge in [-0.25, -0.2) is 0 Å². The summed E-state index contributed by atoms with van der Waals surface area (Å²) in [6.45, 7) is 2.84. The third kappa shape index (κ3) is 33.0. The summed E-state index contributed by atoms with van der Waals surface area (Å²) in [5, 5.41) is 25.1. The maximum absolute atomic E-state index is 10.3. The first kappa shape index (κ1) is 29.6. The first-order valence-electron chi connectivity index (χ1n) is 12.1. The summed E-state index contributed by atoms with van der Waals surface area (Å²) in [5.74, 6) is -0.653. The summed E-state index contributed by atoms with van der Waals surface area (Å²) in [7, 11) is 0. The van der Waals surface area contributed by atoms with E-state index in [0.29, 0.717) is 6.42 Å². The van der Waals surface area contributed by atoms with Crippen molar-refractivity contribution in [3.63, 3.8) is 0 Å². The van der Waals surface area contributed by atoms with Crippen molar-refractivity contribution in [2.24, 2.45) is 0 Å². The number of aliphatic carboxylic acids is 1. The third-order valence-electron chi connectivity index (χ3n) is 5.06. The van der Waals surface area contributed by atoms with Gasteiger partial charge in [0.25, 0.3) is 0 Å². The van der Waals surface area contributed by atoms with E-state index in [1.165, 1.54) is 83.5 Å². The molecule has 0 saturated carbocycles. The molecule has 0 rings (SSSR count). The lowest BCUT2D eigenvalue weighted by molar-refractivity contribution is -0.137. The Balaban J connectivity index is 0. The molecule has 28 heavy (non-hydrogen) atoms. The van der Waals surface area contributed by atoms with Crippen molar-refractivity contribution in [2.45, 2.75) is 135 Å². The van der Waals surface area contributed by atoms with Crippen LogP contribution in [-0.4, -0.2) is 34.5 Å². The minimum absolute atomic E-state index is 0.283. The van der Waals surface area contributed by atoms with Crippen LogP contribution in [0.15, 0.2) is 0 Å². The van der Waals surface area contributed by atoms with Gasteiger partial charge < -0.3 is 15.3 Å². The number of aliphatic hydroxyl groups is 2. The number of carbonyl (C=O) groups is 1. The molecular weight excluding hydrogens is 352 g/mol. The van der Waals surface area contributed by atoms with Crippen LogP contribution in [0.3, 0.4) is 0 Å². The molecule has 0 fully saturated rings. The molecule has 0 saturated heterocycles. The normalized spacial score (nSPS) is 10.5. The predicted octanol–water partition coefficient (Wildman–Crippen LogP) is 6.86. The van der Waals surface area contributed by atoms with Crippen LogP contribution >= 0.6 is 0 Å². The van der Waals surface area contributed by atoms with E-state index < -0.39 is 5.97 Å². The molecule has 0 aliphatic rings. The van der Waals surface area contributed by atoms with Crippen molar-refractivity contribution in [1.29, 1.82) is 0 Å². The van der Waals surface area contributed by atoms with Crippen LogP contribution in [0.2, 0.25) is 0 Å². The lowest BCUT2D eigenvalue weighted by Gasteiger charge is -2.03. The van der Waals surface area contributed by atoms with Gasteiger partial charge in [-0.05, 0) is 19.3 Å². The molecule has 4 heteroatoms. The summed E-state index contributed by atoms with van der Waals surface area (Å²) in [6, 6.07) is 0. The fourth-order valence-electron chi connectivity index (χ4n) is 3.22. The highest BCUT2D eigenvalue weighted by molar-refractivity contribution is 5.66. The van der Waals surface area contributed by atoms with E-state index in [0.717, 1.165) is 38.5 Å². The maximum atomic E-state index is 10.3. The number of hydrogen-bond acceptors (Lipinski definition) is 3. The molecule has 3 N–H and O–H groups in total. The van der Waals surface area contributed by atoms with Gasteiger partial charge >= 0.3 is 5.97 Å². The molecule has 4 nitrogen and oxygen atoms in total. The van der Waals surface area contributed by atoms with Crippen LogP contribution in [-0.2, 0) is 4.79 Å². The lowest BCUT2D eigenvalue weighted by atomic mass is 10.0. The zero-order chi connectivity index (χ0) is 21.1. The predicted molar refractivity (Wildman–Crippen MR) is 120 cm³/mol. The van der Waals surface area contributed by atoms with Gasteiger partial charge in [0.05, 0.1) is 0 Å². The average Bonchev–Trinajstić information content (AvgIpc) is 2.68. The minimum atomic E-state index is -0.653. The Morgan fingerprint density at radius 2 is 0.786 bits per heavy atom. The number of carboxylic acids is 1. The molecule has 170 valence electrons. The molecule has 0 amide bonds. The number of hydrogen-bond donors (Lipinski definition) is 3. The van der Waals surface area contributed by atoms with Crippen molar-refractivity contribution < 1.29 is 20.1 Å². The molecule has 0 aliphatic heterocycles. The molecule has 0 aromatic carbocycles. The largest absolute Gasteiger partial charge is 0.481 e. The third-order valence-corrected chi connectivity index (χ3v) is 5.06. The molecule has 0 aromatic rings. The van der Waals surface area contributed by atoms with Gasteiger partial charge in [-0.15, -0.1) is 0 Å². The van der Waals surface area contributed by atoms with E-state index in [2.05, 4.69) is 6.92 Å². The summed E-state index contributed by atoms with van der Waals surface area (Å²) >= 11 is 0. The lowest BCUT2D eigenvalue weighted by Crippen LogP contribution is -1.93. The van der Waals surface area contributed by atoms with E-state index in [-0.39, 0.29) is 13.2 Å². The summed E-state index contributed by atoms with van der Waals surface area (Å²) in [5.41, 5.74) is 0. The smallest absolute Gasteiger partial charge is 0.303 e. The van der Waals surface area contributed by atoms with E-state index >= 15 is 0 Å². The van der Waals surface area contributed by atoms with E-state index in [9.17, 15) is 4.79 Å². The standard InChI is InChI=1S/C18H36O2.C6H14O2/c1-2-3-4-5-6-7-8-9-10-11-12-13-14-15-16-17-18(19)20;7-5-3-1-2-4-6-8/h2-17H2,1H3,(H,19,20);7-8H,1-6H2. The second kappa shape index (κ2) is 28.6. The molecule has 0 spiro atoms. The SMILES string of the molecule is CCCCCCCCCCCCCCCCCC(=O)O.OCCCCCCO. The number of rotatable bonds is 21. The van der Waals surface area contributed by atoms with Gasteiger partial charge in [0.1, 0.15) is 0 Å². The van der Waals surface area contributed by atoms with Gasteiger partial charge in [0.15, 0.2) is 0 Å². The molecule has 0 atom stereocenters. The summed E-state index contributed by atoms with van der Waals surface area (Å²) < 4.78 is 0. The summed E-state index contributed by atoms with van der Waals surface area (Å²) in [4.78, 5) is 10.3. The van der Waals surface area contributed by atoms with Gasteiger partial charge in [-0.1, -0.05) is 110 Å². The van der Waals surface area contributed by atoms with E-state index in [1.807, 2.05) is 0 Å². The number of unbranched alkanes of at least 4 members (excludes halogenated alkanes) is 17. The average molecular weight is 403 g/mol. The van der Waals surface area contributed by atoms with Gasteiger partial charge in [0.2, 0.25) is 0 Å². The second-order valence-electron chi connectivity index (χ2n) is 7.95. The molecule has 0 aliphatic carbocycles. The maximum Gasteiger partial charge on any atom is 0.303 e. The topological polar surface area (TPSA) is 77.8 Å². The fraction of sp³-hybridized carbons (Fsp3) is 0.958. The van der Waals surface area contributed by atoms with E-state index in [1.54, 1.807) is 0 Å². The van der Waals surface area contributed by atoms with Gasteiger partial charge in [-0.2, -0.15) is 0 Å². The highest BCUT2D eigenvalue weighted by Crippen LogP contribution is 2.13. The minimum Gasteiger partial charge on any atom is -0.481 e. The van der Waals surface area contributed by atoms with Crippen LogP contribution in [0.1, 0.15) is 135 Å². The Morgan fingerprint density at radius 3 is 1.07 bits per heavy atom. The fourth-order valence-corrected chi connectivity index (χ4v) is 3.22. The molecule has 0 aromatic heterocycles. The van der Waals surface area contributed by atoms with Crippen molar-refractivity contribution in [3.8, 4) is 0 Å². The van der Waals surface area contributed by atoms with Crippen LogP contribution in [0, 0.1) is 0 Å². The molecule has 0 heterocycles. The van der Waals surface area contributed by atoms with Crippen molar-refractivity contribution in [3.05, 3.63) is 0 Å². The summed E-state index contributed by atoms with van der Waals surface area (Å²) in [6.07, 6.45) is 24.0. The number of aliphatic hydroxyl groups excluding tert-OH is 2. The van der Waals surface area contributed by atoms with Crippen LogP contribution in [0.25, 0.3) is 0 Å². The highest BCUT2D eigenvalue weighted by Gasteiger charge is 1.97. The Morgan fingerprint density at radius 1 is 0.500 bits per heavy atom. The monoisotopic (exact) mass is 402 g/mol. The Kier molecular flexibility index (Phi) is 30.2. The number of carboxylic acid groups (broad SMARTS) is 1. The molecule has 0 radical (unpaired) electrons. The van der Waals surface area contributed by atoms with E-state index in [4.69, 9.17) is 15.3 Å². The Labute approximate surface area is 175 Å². The van der Waals surface area contributed by atoms with Crippen LogP contribution in [0.4, 0.5) is 0 Å². The first-order valence-corrected chi connectivity index (χ1v) is 12.1. The quantitative estimate of drug-likeness (QED) is 0.183. The molecular formula is C24H50O4. The highest BCUT2D eigenvalue weighted by atomic mass is 16.4. The van der Waals surface area contributed by atoms with Crippen LogP contribution in [0.5, 0.6) is 0 Å².